The van der Waals surface area contributed by atoms with E-state index in [1.165, 1.54) is 64.1 Å². The van der Waals surface area contributed by atoms with Gasteiger partial charge in [-0.05, 0) is 78.3 Å². The van der Waals surface area contributed by atoms with Crippen molar-refractivity contribution in [1.82, 2.24) is 0 Å². The van der Waals surface area contributed by atoms with E-state index in [9.17, 15) is 0 Å². The average Bonchev–Trinajstić information content (AvgIpc) is 3.57. The number of benzene rings is 3. The molecule has 0 saturated heterocycles. The third-order valence-corrected chi connectivity index (χ3v) is 10.1. The highest BCUT2D eigenvalue weighted by atomic mass is 32.2. The maximum Gasteiger partial charge on any atom is 0.0571 e. The Kier molecular flexibility index (Phi) is 3.98. The minimum atomic E-state index is 1.36. The molecule has 3 aromatic rings. The molecule has 0 N–H and O–H groups in total. The second kappa shape index (κ2) is 6.76. The lowest BCUT2D eigenvalue weighted by molar-refractivity contribution is 1.61. The number of hydrogen-bond acceptors (Lipinski definition) is 4. The van der Waals surface area contributed by atoms with Crippen molar-refractivity contribution in [2.45, 2.75) is 0 Å². The first-order chi connectivity index (χ1) is 14.9. The second-order valence-electron chi connectivity index (χ2n) is 7.38. The molecule has 0 atom stereocenters. The zero-order chi connectivity index (χ0) is 19.7. The van der Waals surface area contributed by atoms with E-state index in [-0.39, 0.29) is 0 Å². The van der Waals surface area contributed by atoms with E-state index in [0.717, 1.165) is 0 Å². The molecule has 0 fully saturated rings. The highest BCUT2D eigenvalue weighted by molar-refractivity contribution is 8.28. The lowest BCUT2D eigenvalue weighted by Crippen LogP contribution is -1.88. The molecule has 0 amide bonds. The normalized spacial score (nSPS) is 17.6. The van der Waals surface area contributed by atoms with Crippen LogP contribution in [0.4, 0.5) is 0 Å². The van der Waals surface area contributed by atoms with Gasteiger partial charge in [0.1, 0.15) is 0 Å². The van der Waals surface area contributed by atoms with Gasteiger partial charge >= 0.3 is 0 Å². The fraction of sp³-hybridized carbons (Fsp3) is 0. The molecular formula is C26H14S4. The van der Waals surface area contributed by atoms with Crippen LogP contribution in [0.1, 0.15) is 22.3 Å². The van der Waals surface area contributed by atoms with Crippen LogP contribution in [-0.4, -0.2) is 0 Å². The molecule has 142 valence electrons. The maximum absolute atomic E-state index is 2.45. The third kappa shape index (κ3) is 2.42. The van der Waals surface area contributed by atoms with E-state index in [4.69, 9.17) is 0 Å². The van der Waals surface area contributed by atoms with E-state index < -0.39 is 0 Å². The quantitative estimate of drug-likeness (QED) is 0.229. The third-order valence-electron chi connectivity index (χ3n) is 5.89. The Bertz CT molecular complexity index is 1260. The average molecular weight is 455 g/mol. The van der Waals surface area contributed by atoms with Gasteiger partial charge < -0.3 is 0 Å². The second-order valence-corrected chi connectivity index (χ2v) is 11.6. The minimum absolute atomic E-state index is 1.36. The summed E-state index contributed by atoms with van der Waals surface area (Å²) in [5.41, 5.74) is 13.7. The Labute approximate surface area is 192 Å². The first-order valence-electron chi connectivity index (χ1n) is 9.74. The molecular weight excluding hydrogens is 441 g/mol. The molecule has 0 bridgehead atoms. The summed E-state index contributed by atoms with van der Waals surface area (Å²) in [6.07, 6.45) is 0. The summed E-state index contributed by atoms with van der Waals surface area (Å²) in [6, 6.07) is 22.7. The van der Waals surface area contributed by atoms with Crippen molar-refractivity contribution in [3.05, 3.63) is 113 Å². The van der Waals surface area contributed by atoms with E-state index in [2.05, 4.69) is 82.3 Å². The lowest BCUT2D eigenvalue weighted by atomic mass is 9.96. The molecule has 0 spiro atoms. The predicted octanol–water partition coefficient (Wildman–Crippen LogP) is 8.98. The minimum Gasteiger partial charge on any atom is -0.0895 e. The smallest absolute Gasteiger partial charge is 0.0571 e. The van der Waals surface area contributed by atoms with Gasteiger partial charge in [0.25, 0.3) is 0 Å². The Morgan fingerprint density at radius 1 is 0.367 bits per heavy atom. The fourth-order valence-electron chi connectivity index (χ4n) is 4.71. The summed E-state index contributed by atoms with van der Waals surface area (Å²) in [6.45, 7) is 0. The Morgan fingerprint density at radius 3 is 1.13 bits per heavy atom. The zero-order valence-corrected chi connectivity index (χ0v) is 19.0. The van der Waals surface area contributed by atoms with Gasteiger partial charge in [-0.3, -0.25) is 0 Å². The fourth-order valence-corrected chi connectivity index (χ4v) is 8.56. The lowest BCUT2D eigenvalue weighted by Gasteiger charge is -2.10. The SMILES string of the molecule is C1=CSC(=C2c3ccccc3-c3cc4c(cc32)-c2ccccc2C4=C2SC=CS2)S1. The summed E-state index contributed by atoms with van der Waals surface area (Å²) in [4.78, 5) is 0. The largest absolute Gasteiger partial charge is 0.0895 e. The summed E-state index contributed by atoms with van der Waals surface area (Å²) in [7, 11) is 0. The molecule has 0 aromatic heterocycles. The first-order valence-corrected chi connectivity index (χ1v) is 13.3. The molecule has 30 heavy (non-hydrogen) atoms. The first kappa shape index (κ1) is 17.7. The molecule has 7 rings (SSSR count). The van der Waals surface area contributed by atoms with Crippen LogP contribution in [0.5, 0.6) is 0 Å². The molecule has 2 heterocycles. The van der Waals surface area contributed by atoms with Crippen LogP contribution in [0.25, 0.3) is 33.4 Å². The number of rotatable bonds is 0. The molecule has 0 saturated carbocycles. The molecule has 3 aromatic carbocycles. The van der Waals surface area contributed by atoms with Crippen LogP contribution in [0, 0.1) is 0 Å². The van der Waals surface area contributed by atoms with Crippen LogP contribution in [0.2, 0.25) is 0 Å². The van der Waals surface area contributed by atoms with Gasteiger partial charge in [-0.1, -0.05) is 95.6 Å². The van der Waals surface area contributed by atoms with Gasteiger partial charge in [0.2, 0.25) is 0 Å². The molecule has 4 heteroatoms. The summed E-state index contributed by atoms with van der Waals surface area (Å²) >= 11 is 7.38. The summed E-state index contributed by atoms with van der Waals surface area (Å²) in [5, 5.41) is 8.78. The molecule has 2 aliphatic carbocycles. The Hall–Kier alpha value is -1.98. The zero-order valence-electron chi connectivity index (χ0n) is 15.7. The standard InChI is InChI=1S/C26H14S4/c1-3-7-17-15(5-1)19-13-22-20(14-21(19)23(17)25-27-9-10-28-25)16-6-2-4-8-18(16)24(22)26-29-11-12-30-26/h1-14H. The van der Waals surface area contributed by atoms with Crippen molar-refractivity contribution >= 4 is 58.2 Å². The van der Waals surface area contributed by atoms with Crippen molar-refractivity contribution in [2.24, 2.45) is 0 Å². The van der Waals surface area contributed by atoms with Crippen molar-refractivity contribution < 1.29 is 0 Å². The van der Waals surface area contributed by atoms with E-state index >= 15 is 0 Å². The van der Waals surface area contributed by atoms with Crippen molar-refractivity contribution in [1.29, 1.82) is 0 Å². The number of thioether (sulfide) groups is 4. The molecule has 0 radical (unpaired) electrons. The summed E-state index contributed by atoms with van der Waals surface area (Å²) in [5.74, 6) is 0. The van der Waals surface area contributed by atoms with Gasteiger partial charge in [-0.15, -0.1) is 0 Å². The van der Waals surface area contributed by atoms with Crippen LogP contribution < -0.4 is 0 Å². The van der Waals surface area contributed by atoms with E-state index in [1.807, 2.05) is 47.0 Å². The summed E-state index contributed by atoms with van der Waals surface area (Å²) < 4.78 is 2.77. The molecule has 4 aliphatic rings. The maximum atomic E-state index is 2.45. The predicted molar refractivity (Wildman–Crippen MR) is 138 cm³/mol. The van der Waals surface area contributed by atoms with E-state index in [1.54, 1.807) is 0 Å². The van der Waals surface area contributed by atoms with Crippen LogP contribution in [-0.2, 0) is 0 Å². The molecule has 2 aliphatic heterocycles. The topological polar surface area (TPSA) is 0 Å². The highest BCUT2D eigenvalue weighted by Crippen LogP contribution is 2.58. The van der Waals surface area contributed by atoms with Crippen molar-refractivity contribution in [3.63, 3.8) is 0 Å². The molecule has 0 nitrogen and oxygen atoms in total. The van der Waals surface area contributed by atoms with Gasteiger partial charge in [0.15, 0.2) is 0 Å². The van der Waals surface area contributed by atoms with E-state index in [0.29, 0.717) is 0 Å². The van der Waals surface area contributed by atoms with Crippen molar-refractivity contribution in [3.8, 4) is 22.3 Å². The molecule has 0 unspecified atom stereocenters. The number of fused-ring (bicyclic) bond motifs is 6. The van der Waals surface area contributed by atoms with Gasteiger partial charge in [-0.25, -0.2) is 0 Å². The van der Waals surface area contributed by atoms with Crippen molar-refractivity contribution in [2.75, 3.05) is 0 Å². The Morgan fingerprint density at radius 2 is 0.733 bits per heavy atom. The van der Waals surface area contributed by atoms with Gasteiger partial charge in [0, 0.05) is 11.1 Å². The van der Waals surface area contributed by atoms with Crippen LogP contribution >= 0.6 is 47.0 Å². The van der Waals surface area contributed by atoms with Gasteiger partial charge in [0.05, 0.1) is 8.47 Å². The van der Waals surface area contributed by atoms with Crippen LogP contribution in [0.3, 0.4) is 0 Å². The monoisotopic (exact) mass is 454 g/mol. The number of hydrogen-bond donors (Lipinski definition) is 0. The highest BCUT2D eigenvalue weighted by Gasteiger charge is 2.33. The van der Waals surface area contributed by atoms with Gasteiger partial charge in [-0.2, -0.15) is 0 Å². The van der Waals surface area contributed by atoms with Crippen LogP contribution in [0.15, 0.2) is 90.8 Å². The Balaban J connectivity index is 1.56.